The zero-order chi connectivity index (χ0) is 20.1. The first-order valence-electron chi connectivity index (χ1n) is 9.29. The van der Waals surface area contributed by atoms with Gasteiger partial charge in [-0.05, 0) is 30.2 Å². The van der Waals surface area contributed by atoms with Gasteiger partial charge in [-0.15, -0.1) is 0 Å². The maximum atomic E-state index is 12.3. The van der Waals surface area contributed by atoms with Gasteiger partial charge in [0.25, 0.3) is 5.91 Å². The Kier molecular flexibility index (Phi) is 5.38. The first-order chi connectivity index (χ1) is 14.2. The molecule has 0 aliphatic rings. The minimum Gasteiger partial charge on any atom is -0.497 e. The largest absolute Gasteiger partial charge is 0.497 e. The van der Waals surface area contributed by atoms with Crippen LogP contribution in [0, 0.1) is 0 Å². The number of anilines is 2. The molecule has 29 heavy (non-hydrogen) atoms. The highest BCUT2D eigenvalue weighted by Gasteiger charge is 2.09. The van der Waals surface area contributed by atoms with Gasteiger partial charge >= 0.3 is 0 Å². The number of hydrogen-bond donors (Lipinski definition) is 3. The molecule has 2 aromatic carbocycles. The minimum atomic E-state index is -0.323. The summed E-state index contributed by atoms with van der Waals surface area (Å²) in [5.74, 6) is 0.975. The summed E-state index contributed by atoms with van der Waals surface area (Å²) in [6, 6.07) is 15.4. The summed E-state index contributed by atoms with van der Waals surface area (Å²) in [4.78, 5) is 24.1. The highest BCUT2D eigenvalue weighted by Crippen LogP contribution is 2.19. The zero-order valence-electron chi connectivity index (χ0n) is 16.0. The summed E-state index contributed by atoms with van der Waals surface area (Å²) in [7, 11) is 1.58. The molecule has 7 nitrogen and oxygen atoms in total. The molecule has 146 valence electrons. The van der Waals surface area contributed by atoms with E-state index in [2.05, 4.69) is 37.7 Å². The van der Waals surface area contributed by atoms with Gasteiger partial charge in [0.15, 0.2) is 0 Å². The van der Waals surface area contributed by atoms with E-state index in [0.717, 1.165) is 11.9 Å². The number of amides is 1. The molecule has 0 spiro atoms. The van der Waals surface area contributed by atoms with Gasteiger partial charge in [-0.25, -0.2) is 9.97 Å². The van der Waals surface area contributed by atoms with E-state index in [4.69, 9.17) is 4.74 Å². The lowest BCUT2D eigenvalue weighted by atomic mass is 10.1. The predicted molar refractivity (Wildman–Crippen MR) is 113 cm³/mol. The lowest BCUT2D eigenvalue weighted by Gasteiger charge is -2.08. The molecule has 1 amide bonds. The van der Waals surface area contributed by atoms with Crippen LogP contribution < -0.4 is 15.4 Å². The maximum absolute atomic E-state index is 12.3. The molecule has 0 unspecified atom stereocenters. The summed E-state index contributed by atoms with van der Waals surface area (Å²) in [5, 5.41) is 7.26. The second-order valence-corrected chi connectivity index (χ2v) is 6.51. The van der Waals surface area contributed by atoms with Crippen LogP contribution >= 0.6 is 0 Å². The number of carbonyl (C=O) groups is 1. The molecular formula is C22H21N5O2. The van der Waals surface area contributed by atoms with E-state index in [9.17, 15) is 4.79 Å². The first-order valence-corrected chi connectivity index (χ1v) is 9.29. The van der Waals surface area contributed by atoms with Crippen molar-refractivity contribution in [3.63, 3.8) is 0 Å². The smallest absolute Gasteiger partial charge is 0.275 e. The van der Waals surface area contributed by atoms with Gasteiger partial charge in [0, 0.05) is 35.4 Å². The van der Waals surface area contributed by atoms with E-state index in [0.29, 0.717) is 23.8 Å². The third-order valence-corrected chi connectivity index (χ3v) is 4.59. The molecule has 0 fully saturated rings. The number of hydrogen-bond acceptors (Lipinski definition) is 5. The lowest BCUT2D eigenvalue weighted by molar-refractivity contribution is 0.102. The highest BCUT2D eigenvalue weighted by molar-refractivity contribution is 6.02. The molecule has 2 heterocycles. The number of nitrogens with one attached hydrogen (secondary N) is 3. The molecule has 4 rings (SSSR count). The summed E-state index contributed by atoms with van der Waals surface area (Å²) in [6.45, 7) is 0.714. The van der Waals surface area contributed by atoms with E-state index in [1.807, 2.05) is 24.4 Å². The molecule has 0 radical (unpaired) electrons. The summed E-state index contributed by atoms with van der Waals surface area (Å²) in [6.07, 6.45) is 5.91. The Hall–Kier alpha value is -3.87. The van der Waals surface area contributed by atoms with Crippen molar-refractivity contribution >= 4 is 28.3 Å². The number of carbonyl (C=O) groups excluding carboxylic acids is 1. The normalized spacial score (nSPS) is 10.7. The zero-order valence-corrected chi connectivity index (χ0v) is 16.0. The fraction of sp³-hybridized carbons (Fsp3) is 0.136. The van der Waals surface area contributed by atoms with Crippen LogP contribution in [0.3, 0.4) is 0 Å². The number of aromatic nitrogens is 3. The fourth-order valence-electron chi connectivity index (χ4n) is 3.10. The van der Waals surface area contributed by atoms with Crippen molar-refractivity contribution in [1.82, 2.24) is 15.0 Å². The Morgan fingerprint density at radius 1 is 1.10 bits per heavy atom. The Morgan fingerprint density at radius 2 is 2.00 bits per heavy atom. The van der Waals surface area contributed by atoms with E-state index in [-0.39, 0.29) is 11.6 Å². The van der Waals surface area contributed by atoms with Gasteiger partial charge < -0.3 is 20.4 Å². The average molecular weight is 387 g/mol. The Morgan fingerprint density at radius 3 is 2.83 bits per heavy atom. The number of benzene rings is 2. The van der Waals surface area contributed by atoms with Crippen molar-refractivity contribution in [3.8, 4) is 5.75 Å². The summed E-state index contributed by atoms with van der Waals surface area (Å²) in [5.41, 5.74) is 3.26. The van der Waals surface area contributed by atoms with Gasteiger partial charge in [-0.2, -0.15) is 0 Å². The Balaban J connectivity index is 1.33. The quantitative estimate of drug-likeness (QED) is 0.448. The molecule has 0 bridgehead atoms. The molecule has 7 heteroatoms. The molecule has 0 aliphatic carbocycles. The third kappa shape index (κ3) is 4.35. The van der Waals surface area contributed by atoms with Gasteiger partial charge in [-0.1, -0.05) is 24.3 Å². The topological polar surface area (TPSA) is 91.9 Å². The van der Waals surface area contributed by atoms with E-state index < -0.39 is 0 Å². The van der Waals surface area contributed by atoms with Gasteiger partial charge in [0.05, 0.1) is 19.5 Å². The predicted octanol–water partition coefficient (Wildman–Crippen LogP) is 3.87. The van der Waals surface area contributed by atoms with Crippen LogP contribution in [-0.2, 0) is 6.42 Å². The SMILES string of the molecule is COc1cccc(NC(=O)c2cnc(NCCc3c[nH]c4ccccc34)cn2)c1. The van der Waals surface area contributed by atoms with Crippen LogP contribution in [-0.4, -0.2) is 34.5 Å². The van der Waals surface area contributed by atoms with Crippen molar-refractivity contribution in [2.75, 3.05) is 24.3 Å². The first kappa shape index (κ1) is 18.5. The van der Waals surface area contributed by atoms with E-state index in [1.54, 1.807) is 31.5 Å². The van der Waals surface area contributed by atoms with Crippen molar-refractivity contribution in [1.29, 1.82) is 0 Å². The number of H-pyrrole nitrogens is 1. The van der Waals surface area contributed by atoms with Crippen LogP contribution in [0.25, 0.3) is 10.9 Å². The van der Waals surface area contributed by atoms with E-state index >= 15 is 0 Å². The number of aromatic amines is 1. The molecule has 0 atom stereocenters. The molecule has 0 aliphatic heterocycles. The highest BCUT2D eigenvalue weighted by atomic mass is 16.5. The third-order valence-electron chi connectivity index (χ3n) is 4.59. The number of methoxy groups -OCH3 is 1. The number of para-hydroxylation sites is 1. The van der Waals surface area contributed by atoms with E-state index in [1.165, 1.54) is 17.1 Å². The minimum absolute atomic E-state index is 0.245. The monoisotopic (exact) mass is 387 g/mol. The van der Waals surface area contributed by atoms with Gasteiger partial charge in [0.2, 0.25) is 0 Å². The second kappa shape index (κ2) is 8.43. The molecule has 4 aromatic rings. The molecular weight excluding hydrogens is 366 g/mol. The van der Waals surface area contributed by atoms with Crippen LogP contribution in [0.15, 0.2) is 67.1 Å². The van der Waals surface area contributed by atoms with Crippen LogP contribution in [0.1, 0.15) is 16.1 Å². The molecule has 2 aromatic heterocycles. The summed E-state index contributed by atoms with van der Waals surface area (Å²) >= 11 is 0. The standard InChI is InChI=1S/C22H21N5O2/c1-29-17-6-4-5-16(11-17)27-22(28)20-13-26-21(14-25-20)23-10-9-15-12-24-19-8-3-2-7-18(15)19/h2-8,11-14,24H,9-10H2,1H3,(H,23,26)(H,27,28). The van der Waals surface area contributed by atoms with Gasteiger partial charge in [-0.3, -0.25) is 4.79 Å². The Labute approximate surface area is 168 Å². The van der Waals surface area contributed by atoms with Gasteiger partial charge in [0.1, 0.15) is 17.3 Å². The lowest BCUT2D eigenvalue weighted by Crippen LogP contribution is -2.15. The van der Waals surface area contributed by atoms with Crippen LogP contribution in [0.4, 0.5) is 11.5 Å². The second-order valence-electron chi connectivity index (χ2n) is 6.51. The number of rotatable bonds is 7. The summed E-state index contributed by atoms with van der Waals surface area (Å²) < 4.78 is 5.16. The number of nitrogens with zero attached hydrogens (tertiary/aromatic N) is 2. The number of fused-ring (bicyclic) bond motifs is 1. The van der Waals surface area contributed by atoms with Crippen molar-refractivity contribution in [3.05, 3.63) is 78.4 Å². The average Bonchev–Trinajstić information content (AvgIpc) is 3.17. The Bertz CT molecular complexity index is 1120. The maximum Gasteiger partial charge on any atom is 0.275 e. The van der Waals surface area contributed by atoms with Crippen molar-refractivity contribution in [2.45, 2.75) is 6.42 Å². The van der Waals surface area contributed by atoms with Crippen LogP contribution in [0.2, 0.25) is 0 Å². The van der Waals surface area contributed by atoms with Crippen LogP contribution in [0.5, 0.6) is 5.75 Å². The molecule has 0 saturated carbocycles. The molecule has 3 N–H and O–H groups in total. The number of ether oxygens (including phenoxy) is 1. The fourth-order valence-corrected chi connectivity index (χ4v) is 3.10. The van der Waals surface area contributed by atoms with Crippen molar-refractivity contribution in [2.24, 2.45) is 0 Å². The molecule has 0 saturated heterocycles. The van der Waals surface area contributed by atoms with Crippen molar-refractivity contribution < 1.29 is 9.53 Å².